The summed E-state index contributed by atoms with van der Waals surface area (Å²) in [7, 11) is -0.468. The van der Waals surface area contributed by atoms with Gasteiger partial charge in [-0.2, -0.15) is 4.31 Å². The summed E-state index contributed by atoms with van der Waals surface area (Å²) in [5.74, 6) is 0.342. The second kappa shape index (κ2) is 14.8. The molecule has 2 aromatic carbocycles. The summed E-state index contributed by atoms with van der Waals surface area (Å²) >= 11 is 0. The van der Waals surface area contributed by atoms with Gasteiger partial charge in [-0.15, -0.1) is 0 Å². The van der Waals surface area contributed by atoms with Crippen LogP contribution in [0.1, 0.15) is 18.9 Å². The average molecular weight is 564 g/mol. The second-order valence-electron chi connectivity index (χ2n) is 8.96. The molecular weight excluding hydrogens is 526 g/mol. The number of carbonyl (C=O) groups excluding carboxylic acids is 2. The van der Waals surface area contributed by atoms with E-state index in [0.717, 1.165) is 5.56 Å². The van der Waals surface area contributed by atoms with E-state index in [1.54, 1.807) is 33.3 Å². The normalized spacial score (nSPS) is 14.8. The maximum Gasteiger partial charge on any atom is 0.261 e. The Kier molecular flexibility index (Phi) is 11.5. The largest absolute Gasteiger partial charge is 0.497 e. The number of amides is 2. The summed E-state index contributed by atoms with van der Waals surface area (Å²) in [5, 5.41) is 2.84. The molecule has 1 saturated heterocycles. The van der Waals surface area contributed by atoms with E-state index < -0.39 is 22.0 Å². The first kappa shape index (κ1) is 30.4. The first-order chi connectivity index (χ1) is 18.8. The van der Waals surface area contributed by atoms with Gasteiger partial charge in [0.15, 0.2) is 6.61 Å². The van der Waals surface area contributed by atoms with Gasteiger partial charge in [0.2, 0.25) is 15.9 Å². The van der Waals surface area contributed by atoms with Gasteiger partial charge in [-0.05, 0) is 55.3 Å². The summed E-state index contributed by atoms with van der Waals surface area (Å²) in [4.78, 5) is 27.7. The van der Waals surface area contributed by atoms with Crippen molar-refractivity contribution >= 4 is 21.8 Å². The van der Waals surface area contributed by atoms with Crippen LogP contribution in [0, 0.1) is 0 Å². The Balaban J connectivity index is 1.66. The molecule has 0 aromatic heterocycles. The van der Waals surface area contributed by atoms with Crippen LogP contribution < -0.4 is 14.8 Å². The van der Waals surface area contributed by atoms with Gasteiger partial charge in [0.25, 0.3) is 5.91 Å². The zero-order valence-corrected chi connectivity index (χ0v) is 23.4. The van der Waals surface area contributed by atoms with Crippen molar-refractivity contribution in [2.45, 2.75) is 30.8 Å². The van der Waals surface area contributed by atoms with Crippen molar-refractivity contribution < 1.29 is 37.0 Å². The highest BCUT2D eigenvalue weighted by Crippen LogP contribution is 2.21. The number of ether oxygens (including phenoxy) is 4. The Morgan fingerprint density at radius 3 is 2.28 bits per heavy atom. The lowest BCUT2D eigenvalue weighted by Gasteiger charge is -2.29. The first-order valence-corrected chi connectivity index (χ1v) is 14.2. The van der Waals surface area contributed by atoms with Crippen LogP contribution in [0.25, 0.3) is 0 Å². The molecule has 214 valence electrons. The van der Waals surface area contributed by atoms with Crippen molar-refractivity contribution in [2.75, 3.05) is 60.3 Å². The van der Waals surface area contributed by atoms with Crippen molar-refractivity contribution in [3.05, 3.63) is 54.1 Å². The summed E-state index contributed by atoms with van der Waals surface area (Å²) in [6, 6.07) is 12.4. The molecule has 3 rings (SSSR count). The van der Waals surface area contributed by atoms with E-state index in [9.17, 15) is 18.0 Å². The second-order valence-corrected chi connectivity index (χ2v) is 10.9. The third-order valence-corrected chi connectivity index (χ3v) is 8.21. The van der Waals surface area contributed by atoms with Gasteiger partial charge in [-0.1, -0.05) is 12.1 Å². The molecular formula is C27H37N3O8S. The fourth-order valence-corrected chi connectivity index (χ4v) is 5.37. The number of methoxy groups -OCH3 is 2. The predicted octanol–water partition coefficient (Wildman–Crippen LogP) is 1.66. The maximum atomic E-state index is 13.3. The molecule has 0 aliphatic carbocycles. The lowest BCUT2D eigenvalue weighted by Crippen LogP contribution is -2.49. The minimum atomic E-state index is -3.63. The van der Waals surface area contributed by atoms with Crippen LogP contribution in [-0.4, -0.2) is 95.8 Å². The molecule has 12 heteroatoms. The number of benzene rings is 2. The molecule has 1 aliphatic rings. The molecule has 1 heterocycles. The van der Waals surface area contributed by atoms with Gasteiger partial charge >= 0.3 is 0 Å². The van der Waals surface area contributed by atoms with E-state index in [-0.39, 0.29) is 24.0 Å². The number of carbonyl (C=O) groups is 2. The molecule has 1 N–H and O–H groups in total. The molecule has 11 nitrogen and oxygen atoms in total. The average Bonchev–Trinajstić information content (AvgIpc) is 2.97. The Hall–Kier alpha value is -3.19. The van der Waals surface area contributed by atoms with Crippen molar-refractivity contribution in [1.82, 2.24) is 14.5 Å². The van der Waals surface area contributed by atoms with Gasteiger partial charge in [0.1, 0.15) is 17.5 Å². The van der Waals surface area contributed by atoms with Gasteiger partial charge in [-0.25, -0.2) is 8.42 Å². The number of rotatable bonds is 14. The van der Waals surface area contributed by atoms with Crippen molar-refractivity contribution in [3.63, 3.8) is 0 Å². The van der Waals surface area contributed by atoms with Gasteiger partial charge in [0.05, 0.1) is 25.2 Å². The number of hydrogen-bond acceptors (Lipinski definition) is 8. The van der Waals surface area contributed by atoms with Crippen molar-refractivity contribution in [2.24, 2.45) is 0 Å². The quantitative estimate of drug-likeness (QED) is 0.345. The van der Waals surface area contributed by atoms with Crippen LogP contribution in [0.4, 0.5) is 0 Å². The molecule has 0 bridgehead atoms. The predicted molar refractivity (Wildman–Crippen MR) is 144 cm³/mol. The number of hydrogen-bond donors (Lipinski definition) is 1. The lowest BCUT2D eigenvalue weighted by molar-refractivity contribution is -0.142. The van der Waals surface area contributed by atoms with Crippen molar-refractivity contribution in [3.8, 4) is 11.5 Å². The Labute approximate surface area is 230 Å². The van der Waals surface area contributed by atoms with Crippen LogP contribution in [0.5, 0.6) is 11.5 Å². The highest BCUT2D eigenvalue weighted by Gasteiger charge is 2.28. The molecule has 0 unspecified atom stereocenters. The minimum Gasteiger partial charge on any atom is -0.497 e. The number of nitrogens with zero attached hydrogens (tertiary/aromatic N) is 2. The molecule has 1 fully saturated rings. The van der Waals surface area contributed by atoms with E-state index in [2.05, 4.69) is 5.32 Å². The van der Waals surface area contributed by atoms with Crippen LogP contribution in [-0.2, 0) is 35.6 Å². The highest BCUT2D eigenvalue weighted by atomic mass is 32.2. The maximum absolute atomic E-state index is 13.3. The van der Waals surface area contributed by atoms with Crippen LogP contribution >= 0.6 is 0 Å². The fourth-order valence-electron chi connectivity index (χ4n) is 3.96. The van der Waals surface area contributed by atoms with Crippen LogP contribution in [0.2, 0.25) is 0 Å². The molecule has 2 aromatic rings. The van der Waals surface area contributed by atoms with Crippen LogP contribution in [0.15, 0.2) is 53.4 Å². The van der Waals surface area contributed by atoms with E-state index in [4.69, 9.17) is 18.9 Å². The molecule has 39 heavy (non-hydrogen) atoms. The standard InChI is InChI=1S/C27H37N3O8S/c1-21(27(32)28-13-4-16-35-2)30(19-22-5-7-23(36-3)8-6-22)26(31)20-38-24-9-11-25(12-10-24)39(33,34)29-14-17-37-18-15-29/h5-12,21H,4,13-20H2,1-3H3,(H,28,32)/t21-/m0/s1. The summed E-state index contributed by atoms with van der Waals surface area (Å²) in [6.45, 7) is 3.80. The summed E-state index contributed by atoms with van der Waals surface area (Å²) < 4.78 is 48.2. The summed E-state index contributed by atoms with van der Waals surface area (Å²) in [5.41, 5.74) is 0.820. The fraction of sp³-hybridized carbons (Fsp3) is 0.481. The number of morpholine rings is 1. The third kappa shape index (κ3) is 8.65. The zero-order chi connectivity index (χ0) is 28.3. The molecule has 2 amide bonds. The number of nitrogens with one attached hydrogen (secondary N) is 1. The monoisotopic (exact) mass is 563 g/mol. The third-order valence-electron chi connectivity index (χ3n) is 6.30. The number of sulfonamides is 1. The van der Waals surface area contributed by atoms with E-state index in [0.29, 0.717) is 57.4 Å². The topological polar surface area (TPSA) is 124 Å². The SMILES string of the molecule is COCCCNC(=O)[C@H](C)N(Cc1ccc(OC)cc1)C(=O)COc1ccc(S(=O)(=O)N2CCOCC2)cc1. The Morgan fingerprint density at radius 1 is 1.03 bits per heavy atom. The van der Waals surface area contributed by atoms with Crippen LogP contribution in [0.3, 0.4) is 0 Å². The highest BCUT2D eigenvalue weighted by molar-refractivity contribution is 7.89. The van der Waals surface area contributed by atoms with Crippen molar-refractivity contribution in [1.29, 1.82) is 0 Å². The smallest absolute Gasteiger partial charge is 0.261 e. The first-order valence-electron chi connectivity index (χ1n) is 12.8. The molecule has 0 radical (unpaired) electrons. The Bertz CT molecular complexity index is 1170. The summed E-state index contributed by atoms with van der Waals surface area (Å²) in [6.07, 6.45) is 0.655. The van der Waals surface area contributed by atoms with E-state index >= 15 is 0 Å². The van der Waals surface area contributed by atoms with E-state index in [1.807, 2.05) is 12.1 Å². The van der Waals surface area contributed by atoms with Gasteiger partial charge in [0, 0.05) is 39.9 Å². The Morgan fingerprint density at radius 2 is 1.67 bits per heavy atom. The zero-order valence-electron chi connectivity index (χ0n) is 22.6. The van der Waals surface area contributed by atoms with E-state index in [1.165, 1.54) is 33.5 Å². The molecule has 1 aliphatic heterocycles. The van der Waals surface area contributed by atoms with Gasteiger partial charge < -0.3 is 29.2 Å². The minimum absolute atomic E-state index is 0.142. The van der Waals surface area contributed by atoms with Gasteiger partial charge in [-0.3, -0.25) is 9.59 Å². The molecule has 0 spiro atoms. The molecule has 0 saturated carbocycles. The molecule has 1 atom stereocenters. The lowest BCUT2D eigenvalue weighted by atomic mass is 10.1.